The maximum absolute atomic E-state index is 3.43. The van der Waals surface area contributed by atoms with Gasteiger partial charge in [0.05, 0.1) is 0 Å². The molecule has 1 unspecified atom stereocenters. The van der Waals surface area contributed by atoms with Crippen LogP contribution in [0.1, 0.15) is 103 Å². The maximum atomic E-state index is 3.43. The van der Waals surface area contributed by atoms with E-state index in [1.165, 1.54) is 152 Å². The van der Waals surface area contributed by atoms with E-state index in [2.05, 4.69) is 217 Å². The van der Waals surface area contributed by atoms with Gasteiger partial charge in [0.15, 0.2) is 0 Å². The Morgan fingerprint density at radius 1 is 0.565 bits per heavy atom. The summed E-state index contributed by atoms with van der Waals surface area (Å²) >= 11 is 1.46. The molecule has 0 saturated heterocycles. The first-order valence-electron chi connectivity index (χ1n) is 21.9. The smallest absolute Gasteiger partial charge is 1.00 e. The summed E-state index contributed by atoms with van der Waals surface area (Å²) in [7, 11) is 0. The Bertz CT molecular complexity index is 2490. The zero-order valence-electron chi connectivity index (χ0n) is 39.1. The Labute approximate surface area is 401 Å². The van der Waals surface area contributed by atoms with E-state index in [0.29, 0.717) is 11.3 Å². The summed E-state index contributed by atoms with van der Waals surface area (Å²) in [4.78, 5) is 0. The molecule has 0 bridgehead atoms. The topological polar surface area (TPSA) is 0 Å². The van der Waals surface area contributed by atoms with Crippen molar-refractivity contribution in [3.63, 3.8) is 0 Å². The predicted molar refractivity (Wildman–Crippen MR) is 260 cm³/mol. The fourth-order valence-corrected chi connectivity index (χ4v) is 9.60. The second kappa shape index (κ2) is 22.1. The van der Waals surface area contributed by atoms with E-state index in [4.69, 9.17) is 0 Å². The second-order valence-electron chi connectivity index (χ2n) is 18.3. The van der Waals surface area contributed by atoms with Gasteiger partial charge >= 0.3 is 112 Å². The van der Waals surface area contributed by atoms with E-state index in [1.54, 1.807) is 0 Å². The molecule has 7 aromatic carbocycles. The molecule has 0 aromatic heterocycles. The van der Waals surface area contributed by atoms with Crippen LogP contribution in [0, 0.1) is 72.8 Å². The van der Waals surface area contributed by atoms with Crippen molar-refractivity contribution in [2.75, 3.05) is 0 Å². The SMILES string of the molecule is CCCCC1[C-]=CC(C(C)(C)C)=C1.Cc1cc(C)c(-c2ccc3c(c2)[cH-]c2cc(-c4c(C)cc(C)cc4C)ccc23)c(C)c1.Cc1ccc([C](=[Zr+2])c2ccc(C)cc2)cc1.[Cl-].[Cl-]. The van der Waals surface area contributed by atoms with Crippen molar-refractivity contribution in [1.82, 2.24) is 0 Å². The largest absolute Gasteiger partial charge is 1.00 e. The van der Waals surface area contributed by atoms with Crippen molar-refractivity contribution < 1.29 is 49.0 Å². The molecule has 1 aliphatic carbocycles. The number of allylic oxidation sites excluding steroid dienone is 4. The van der Waals surface area contributed by atoms with Crippen LogP contribution in [0.2, 0.25) is 0 Å². The molecule has 3 heteroatoms. The molecular weight excluding hydrogens is 871 g/mol. The molecular formula is C59H64Cl2Zr-2. The van der Waals surface area contributed by atoms with E-state index >= 15 is 0 Å². The first-order valence-corrected chi connectivity index (χ1v) is 23.1. The molecule has 7 aromatic rings. The third-order valence-electron chi connectivity index (χ3n) is 11.9. The Morgan fingerprint density at radius 2 is 0.968 bits per heavy atom. The minimum Gasteiger partial charge on any atom is -1.00 e. The molecule has 0 N–H and O–H groups in total. The number of hydrogen-bond donors (Lipinski definition) is 0. The molecule has 8 rings (SSSR count). The van der Waals surface area contributed by atoms with Crippen molar-refractivity contribution in [2.45, 2.75) is 102 Å². The quantitative estimate of drug-likeness (QED) is 0.140. The van der Waals surface area contributed by atoms with Crippen LogP contribution in [0.3, 0.4) is 0 Å². The molecule has 0 spiro atoms. The summed E-state index contributed by atoms with van der Waals surface area (Å²) in [5.74, 6) is 0.592. The third kappa shape index (κ3) is 12.4. The predicted octanol–water partition coefficient (Wildman–Crippen LogP) is 10.5. The normalized spacial score (nSPS) is 13.1. The van der Waals surface area contributed by atoms with Crippen molar-refractivity contribution in [3.8, 4) is 22.3 Å². The molecule has 0 saturated carbocycles. The number of fused-ring (bicyclic) bond motifs is 3. The Kier molecular flexibility index (Phi) is 18.0. The summed E-state index contributed by atoms with van der Waals surface area (Å²) < 4.78 is 1.42. The maximum Gasteiger partial charge on any atom is -1.00 e. The van der Waals surface area contributed by atoms with Crippen molar-refractivity contribution in [2.24, 2.45) is 11.3 Å². The van der Waals surface area contributed by atoms with Gasteiger partial charge in [-0.25, -0.2) is 6.08 Å². The second-order valence-corrected chi connectivity index (χ2v) is 19.6. The van der Waals surface area contributed by atoms with E-state index in [1.807, 2.05) is 0 Å². The zero-order valence-corrected chi connectivity index (χ0v) is 43.0. The Balaban J connectivity index is 0.000000229. The summed E-state index contributed by atoms with van der Waals surface area (Å²) in [6, 6.07) is 42.9. The Morgan fingerprint density at radius 3 is 1.32 bits per heavy atom. The van der Waals surface area contributed by atoms with Crippen LogP contribution in [0.25, 0.3) is 43.8 Å². The van der Waals surface area contributed by atoms with E-state index < -0.39 is 0 Å². The van der Waals surface area contributed by atoms with Gasteiger partial charge in [-0.05, 0) is 74.9 Å². The first-order chi connectivity index (χ1) is 28.5. The van der Waals surface area contributed by atoms with Gasteiger partial charge in [-0.1, -0.05) is 129 Å². The molecule has 0 aliphatic heterocycles. The third-order valence-corrected chi connectivity index (χ3v) is 13.3. The summed E-state index contributed by atoms with van der Waals surface area (Å²) in [6.45, 7) is 26.5. The average Bonchev–Trinajstić information content (AvgIpc) is 3.82. The van der Waals surface area contributed by atoms with Crippen LogP contribution < -0.4 is 24.8 Å². The van der Waals surface area contributed by atoms with Gasteiger partial charge in [0.1, 0.15) is 0 Å². The standard InChI is InChI=1S/C31H29.C15H14.C13H21.2ClH.Zr/c1-18-11-20(3)30(21(4)12-18)24-7-9-28-26(15-24)17-27-16-25(8-10-29(27)28)31-22(5)13-19(2)14-23(31)6;1-12-3-7-14(8-4-12)11-15-9-5-13(2)6-10-15;1-5-6-7-11-8-9-12(10-11)13(2,3)4;;;/h7-17H,1-6H3;3-10H,1-2H3;9-11H,5-7H2,1-4H3;2*1H;/q-1;;-1;;;+2/p-2. The van der Waals surface area contributed by atoms with Gasteiger partial charge in [0.25, 0.3) is 0 Å². The zero-order chi connectivity index (χ0) is 43.3. The van der Waals surface area contributed by atoms with Crippen LogP contribution in [0.4, 0.5) is 0 Å². The molecule has 0 heterocycles. The summed E-state index contributed by atoms with van der Waals surface area (Å²) in [5, 5.41) is 5.32. The van der Waals surface area contributed by atoms with Crippen molar-refractivity contribution in [1.29, 1.82) is 0 Å². The molecule has 0 nitrogen and oxygen atoms in total. The summed E-state index contributed by atoms with van der Waals surface area (Å²) in [6.07, 6.45) is 11.9. The fraction of sp³-hybridized carbons (Fsp3) is 0.288. The molecule has 0 fully saturated rings. The van der Waals surface area contributed by atoms with Crippen LogP contribution >= 0.6 is 0 Å². The van der Waals surface area contributed by atoms with E-state index in [0.717, 1.165) is 0 Å². The van der Waals surface area contributed by atoms with Crippen molar-refractivity contribution >= 4 is 24.8 Å². The van der Waals surface area contributed by atoms with Gasteiger partial charge in [0.2, 0.25) is 0 Å². The fourth-order valence-electron chi connectivity index (χ4n) is 8.78. The Hall–Kier alpha value is -4.00. The van der Waals surface area contributed by atoms with E-state index in [-0.39, 0.29) is 24.8 Å². The van der Waals surface area contributed by atoms with Gasteiger partial charge in [-0.15, -0.1) is 39.7 Å². The number of unbranched alkanes of at least 4 members (excludes halogenated alkanes) is 1. The molecule has 1 aliphatic rings. The molecule has 1 atom stereocenters. The molecule has 62 heavy (non-hydrogen) atoms. The molecule has 320 valence electrons. The number of benzene rings is 6. The number of aryl methyl sites for hydroxylation is 8. The minimum atomic E-state index is 0. The van der Waals surface area contributed by atoms with Crippen LogP contribution in [0.15, 0.2) is 133 Å². The van der Waals surface area contributed by atoms with Gasteiger partial charge in [-0.2, -0.15) is 11.6 Å². The first kappa shape index (κ1) is 50.6. The van der Waals surface area contributed by atoms with Crippen LogP contribution in [-0.2, 0) is 24.2 Å². The van der Waals surface area contributed by atoms with Crippen molar-refractivity contribution in [3.05, 3.63) is 195 Å². The number of rotatable bonds is 7. The van der Waals surface area contributed by atoms with Gasteiger partial charge in [-0.3, -0.25) is 6.08 Å². The van der Waals surface area contributed by atoms with Crippen LogP contribution in [-0.4, -0.2) is 3.21 Å². The van der Waals surface area contributed by atoms with Gasteiger partial charge in [0, 0.05) is 0 Å². The monoisotopic (exact) mass is 932 g/mol. The molecule has 0 radical (unpaired) electrons. The number of halogens is 2. The molecule has 0 amide bonds. The number of hydrogen-bond acceptors (Lipinski definition) is 0. The van der Waals surface area contributed by atoms with Gasteiger partial charge < -0.3 is 24.8 Å². The van der Waals surface area contributed by atoms with Crippen LogP contribution in [0.5, 0.6) is 0 Å². The van der Waals surface area contributed by atoms with E-state index in [9.17, 15) is 0 Å². The average molecular weight is 935 g/mol. The minimum absolute atomic E-state index is 0. The summed E-state index contributed by atoms with van der Waals surface area (Å²) in [5.41, 5.74) is 20.5.